The van der Waals surface area contributed by atoms with Crippen LogP contribution in [0.15, 0.2) is 42.6 Å². The number of carbonyl (C=O) groups excluding carboxylic acids is 1. The third kappa shape index (κ3) is 3.58. The Morgan fingerprint density at radius 2 is 2.05 bits per heavy atom. The molecule has 0 fully saturated rings. The molecule has 0 spiro atoms. The molecule has 0 radical (unpaired) electrons. The minimum atomic E-state index is -0.311. The number of ether oxygens (including phenoxy) is 1. The highest BCUT2D eigenvalue weighted by molar-refractivity contribution is 6.43. The van der Waals surface area contributed by atoms with E-state index in [0.29, 0.717) is 17.2 Å². The first-order valence-electron chi connectivity index (χ1n) is 6.67. The summed E-state index contributed by atoms with van der Waals surface area (Å²) in [4.78, 5) is 18.6. The summed E-state index contributed by atoms with van der Waals surface area (Å²) < 4.78 is 5.23. The summed E-state index contributed by atoms with van der Waals surface area (Å²) in [7, 11) is 3.28. The predicted octanol–water partition coefficient (Wildman–Crippen LogP) is 3.85. The number of amides is 1. The Bertz CT molecular complexity index is 650. The van der Waals surface area contributed by atoms with Crippen LogP contribution in [0.3, 0.4) is 0 Å². The number of hydrogen-bond acceptors (Lipinski definition) is 3. The van der Waals surface area contributed by atoms with Crippen molar-refractivity contribution in [3.8, 4) is 0 Å². The molecule has 1 amide bonds. The molecule has 1 atom stereocenters. The Balaban J connectivity index is 2.32. The number of aromatic nitrogens is 1. The minimum absolute atomic E-state index is 0.236. The van der Waals surface area contributed by atoms with E-state index in [1.54, 1.807) is 43.5 Å². The topological polar surface area (TPSA) is 42.4 Å². The number of rotatable bonds is 5. The Hall–Kier alpha value is -1.62. The highest BCUT2D eigenvalue weighted by Crippen LogP contribution is 2.28. The summed E-state index contributed by atoms with van der Waals surface area (Å²) in [6.07, 6.45) is 1.68. The fourth-order valence-corrected chi connectivity index (χ4v) is 2.51. The van der Waals surface area contributed by atoms with Crippen molar-refractivity contribution in [2.75, 3.05) is 20.8 Å². The van der Waals surface area contributed by atoms with Crippen LogP contribution in [0.25, 0.3) is 0 Å². The van der Waals surface area contributed by atoms with E-state index in [2.05, 4.69) is 4.98 Å². The number of hydrogen-bond donors (Lipinski definition) is 0. The molecular weight excluding hydrogens is 323 g/mol. The summed E-state index contributed by atoms with van der Waals surface area (Å²) >= 11 is 12.1. The summed E-state index contributed by atoms with van der Waals surface area (Å²) in [5.74, 6) is -0.236. The fraction of sp³-hybridized carbons (Fsp3) is 0.250. The predicted molar refractivity (Wildman–Crippen MR) is 87.4 cm³/mol. The van der Waals surface area contributed by atoms with Crippen molar-refractivity contribution < 1.29 is 9.53 Å². The fourth-order valence-electron chi connectivity index (χ4n) is 2.13. The van der Waals surface area contributed by atoms with Gasteiger partial charge in [-0.2, -0.15) is 0 Å². The van der Waals surface area contributed by atoms with E-state index in [0.717, 1.165) is 5.69 Å². The normalized spacial score (nSPS) is 12.0. The van der Waals surface area contributed by atoms with Gasteiger partial charge in [-0.05, 0) is 24.3 Å². The van der Waals surface area contributed by atoms with Crippen LogP contribution < -0.4 is 0 Å². The number of pyridine rings is 1. The Morgan fingerprint density at radius 3 is 2.68 bits per heavy atom. The van der Waals surface area contributed by atoms with Gasteiger partial charge in [0.1, 0.15) is 0 Å². The van der Waals surface area contributed by atoms with Crippen LogP contribution in [-0.4, -0.2) is 36.6 Å². The smallest absolute Gasteiger partial charge is 0.255 e. The minimum Gasteiger partial charge on any atom is -0.382 e. The van der Waals surface area contributed by atoms with Gasteiger partial charge in [-0.1, -0.05) is 35.3 Å². The van der Waals surface area contributed by atoms with Crippen molar-refractivity contribution in [3.63, 3.8) is 0 Å². The average Bonchev–Trinajstić information content (AvgIpc) is 2.55. The van der Waals surface area contributed by atoms with E-state index in [4.69, 9.17) is 27.9 Å². The van der Waals surface area contributed by atoms with Crippen LogP contribution in [-0.2, 0) is 4.74 Å². The summed E-state index contributed by atoms with van der Waals surface area (Å²) in [6.45, 7) is 0.331. The number of likely N-dealkylation sites (N-methyl/N-ethyl adjacent to an activating group) is 1. The molecule has 1 heterocycles. The summed E-state index contributed by atoms with van der Waals surface area (Å²) in [6, 6.07) is 10.2. The lowest BCUT2D eigenvalue weighted by Gasteiger charge is -2.27. The Morgan fingerprint density at radius 1 is 1.27 bits per heavy atom. The van der Waals surface area contributed by atoms with E-state index < -0.39 is 0 Å². The number of carbonyl (C=O) groups is 1. The van der Waals surface area contributed by atoms with Crippen molar-refractivity contribution in [1.82, 2.24) is 9.88 Å². The second kappa shape index (κ2) is 7.58. The van der Waals surface area contributed by atoms with Crippen molar-refractivity contribution in [2.24, 2.45) is 0 Å². The Labute approximate surface area is 139 Å². The van der Waals surface area contributed by atoms with Gasteiger partial charge in [0.15, 0.2) is 0 Å². The number of halogens is 2. The van der Waals surface area contributed by atoms with Crippen molar-refractivity contribution in [2.45, 2.75) is 6.04 Å². The number of nitrogens with zero attached hydrogens (tertiary/aromatic N) is 2. The maximum atomic E-state index is 12.7. The molecule has 2 aromatic rings. The molecule has 1 aromatic carbocycles. The van der Waals surface area contributed by atoms with Gasteiger partial charge in [-0.15, -0.1) is 0 Å². The average molecular weight is 339 g/mol. The van der Waals surface area contributed by atoms with Gasteiger partial charge < -0.3 is 9.64 Å². The van der Waals surface area contributed by atoms with Crippen molar-refractivity contribution in [1.29, 1.82) is 0 Å². The zero-order valence-electron chi connectivity index (χ0n) is 12.3. The van der Waals surface area contributed by atoms with E-state index in [1.807, 2.05) is 18.2 Å². The van der Waals surface area contributed by atoms with Crippen LogP contribution in [0.4, 0.5) is 0 Å². The van der Waals surface area contributed by atoms with E-state index in [1.165, 1.54) is 0 Å². The SMILES string of the molecule is COC[C@@H](c1ccccn1)N(C)C(=O)c1cccc(Cl)c1Cl. The van der Waals surface area contributed by atoms with Crippen LogP contribution >= 0.6 is 23.2 Å². The molecule has 2 rings (SSSR count). The molecule has 0 aliphatic carbocycles. The number of benzene rings is 1. The van der Waals surface area contributed by atoms with E-state index in [9.17, 15) is 4.79 Å². The molecule has 0 saturated carbocycles. The summed E-state index contributed by atoms with van der Waals surface area (Å²) in [5, 5.41) is 0.597. The molecule has 0 saturated heterocycles. The lowest BCUT2D eigenvalue weighted by molar-refractivity contribution is 0.0595. The van der Waals surface area contributed by atoms with Gasteiger partial charge >= 0.3 is 0 Å². The van der Waals surface area contributed by atoms with Crippen LogP contribution in [0, 0.1) is 0 Å². The van der Waals surface area contributed by atoms with Gasteiger partial charge in [0.25, 0.3) is 5.91 Å². The first-order chi connectivity index (χ1) is 10.6. The van der Waals surface area contributed by atoms with Gasteiger partial charge in [-0.3, -0.25) is 9.78 Å². The molecular formula is C16H16Cl2N2O2. The second-order valence-corrected chi connectivity index (χ2v) is 5.53. The van der Waals surface area contributed by atoms with E-state index >= 15 is 0 Å². The zero-order valence-corrected chi connectivity index (χ0v) is 13.8. The highest BCUT2D eigenvalue weighted by atomic mass is 35.5. The maximum absolute atomic E-state index is 12.7. The van der Waals surface area contributed by atoms with Gasteiger partial charge in [0.2, 0.25) is 0 Å². The monoisotopic (exact) mass is 338 g/mol. The molecule has 0 unspecified atom stereocenters. The van der Waals surface area contributed by atoms with E-state index in [-0.39, 0.29) is 17.0 Å². The van der Waals surface area contributed by atoms with Crippen LogP contribution in [0.2, 0.25) is 10.0 Å². The molecule has 0 aliphatic rings. The van der Waals surface area contributed by atoms with Gasteiger partial charge in [-0.25, -0.2) is 0 Å². The standard InChI is InChI=1S/C16H16Cl2N2O2/c1-20(14(10-22-2)13-8-3-4-9-19-13)16(21)11-6-5-7-12(17)15(11)18/h3-9,14H,10H2,1-2H3/t14-/m0/s1. The molecule has 1 aromatic heterocycles. The first-order valence-corrected chi connectivity index (χ1v) is 7.43. The molecule has 0 aliphatic heterocycles. The third-order valence-corrected chi connectivity index (χ3v) is 4.14. The molecule has 22 heavy (non-hydrogen) atoms. The molecule has 6 heteroatoms. The third-order valence-electron chi connectivity index (χ3n) is 3.32. The maximum Gasteiger partial charge on any atom is 0.255 e. The molecule has 0 N–H and O–H groups in total. The molecule has 0 bridgehead atoms. The van der Waals surface area contributed by atoms with Gasteiger partial charge in [0.05, 0.1) is 34.0 Å². The Kier molecular flexibility index (Phi) is 5.77. The first kappa shape index (κ1) is 16.7. The lowest BCUT2D eigenvalue weighted by atomic mass is 10.1. The van der Waals surface area contributed by atoms with Gasteiger partial charge in [0, 0.05) is 20.4 Å². The van der Waals surface area contributed by atoms with Crippen LogP contribution in [0.1, 0.15) is 22.1 Å². The van der Waals surface area contributed by atoms with Crippen molar-refractivity contribution in [3.05, 3.63) is 63.9 Å². The number of methoxy groups -OCH3 is 1. The second-order valence-electron chi connectivity index (χ2n) is 4.74. The quantitative estimate of drug-likeness (QED) is 0.831. The zero-order chi connectivity index (χ0) is 16.1. The largest absolute Gasteiger partial charge is 0.382 e. The molecule has 4 nitrogen and oxygen atoms in total. The summed E-state index contributed by atoms with van der Waals surface area (Å²) in [5.41, 5.74) is 1.10. The van der Waals surface area contributed by atoms with Crippen LogP contribution in [0.5, 0.6) is 0 Å². The highest BCUT2D eigenvalue weighted by Gasteiger charge is 2.25. The molecule has 116 valence electrons. The lowest BCUT2D eigenvalue weighted by Crippen LogP contribution is -2.34. The van der Waals surface area contributed by atoms with Crippen molar-refractivity contribution >= 4 is 29.1 Å².